The van der Waals surface area contributed by atoms with Gasteiger partial charge in [-0.2, -0.15) is 0 Å². The smallest absolute Gasteiger partial charge is 0.343 e. The molecule has 0 aliphatic carbocycles. The molecule has 1 aliphatic rings. The first kappa shape index (κ1) is 28.0. The highest BCUT2D eigenvalue weighted by Gasteiger charge is 2.43. The van der Waals surface area contributed by atoms with Gasteiger partial charge in [-0.15, -0.1) is 0 Å². The number of barbiturate groups is 1. The van der Waals surface area contributed by atoms with E-state index in [1.165, 1.54) is 18.2 Å². The molecule has 1 heterocycles. The molecule has 41 heavy (non-hydrogen) atoms. The molecular weight excluding hydrogens is 638 g/mol. The van der Waals surface area contributed by atoms with E-state index < -0.39 is 17.8 Å². The number of urea groups is 1. The van der Waals surface area contributed by atoms with Crippen molar-refractivity contribution in [1.82, 2.24) is 0 Å². The minimum Gasteiger partial charge on any atom is -0.490 e. The van der Waals surface area contributed by atoms with E-state index in [-0.39, 0.29) is 18.0 Å². The van der Waals surface area contributed by atoms with Crippen LogP contribution < -0.4 is 19.3 Å². The summed E-state index contributed by atoms with van der Waals surface area (Å²) in [6, 6.07) is 25.6. The molecule has 0 atom stereocenters. The van der Waals surface area contributed by atoms with Crippen LogP contribution in [0.2, 0.25) is 0 Å². The number of carbonyl (C=O) groups is 3. The van der Waals surface area contributed by atoms with Gasteiger partial charge in [-0.1, -0.05) is 48.5 Å². The fraction of sp³-hybridized carbons (Fsp3) is 0.0938. The Kier molecular flexibility index (Phi) is 8.44. The van der Waals surface area contributed by atoms with Crippen molar-refractivity contribution in [2.75, 3.05) is 16.4 Å². The number of rotatable bonds is 8. The largest absolute Gasteiger partial charge is 0.490 e. The molecule has 4 aromatic carbocycles. The molecule has 0 aromatic heterocycles. The van der Waals surface area contributed by atoms with E-state index in [9.17, 15) is 18.8 Å². The molecule has 0 spiro atoms. The number of amides is 4. The number of carbonyl (C=O) groups excluding carboxylic acids is 3. The minimum atomic E-state index is -0.760. The van der Waals surface area contributed by atoms with E-state index in [2.05, 4.69) is 22.6 Å². The lowest BCUT2D eigenvalue weighted by molar-refractivity contribution is -0.121. The third kappa shape index (κ3) is 5.99. The minimum absolute atomic E-state index is 0.185. The summed E-state index contributed by atoms with van der Waals surface area (Å²) in [4.78, 5) is 42.9. The van der Waals surface area contributed by atoms with Gasteiger partial charge in [0.2, 0.25) is 0 Å². The van der Waals surface area contributed by atoms with Crippen molar-refractivity contribution in [3.8, 4) is 11.5 Å². The maximum Gasteiger partial charge on any atom is 0.343 e. The second-order valence-corrected chi connectivity index (χ2v) is 10.1. The molecule has 5 rings (SSSR count). The van der Waals surface area contributed by atoms with Gasteiger partial charge in [-0.25, -0.2) is 19.0 Å². The molecule has 9 heteroatoms. The molecule has 4 amide bonds. The van der Waals surface area contributed by atoms with Crippen molar-refractivity contribution in [2.24, 2.45) is 0 Å². The first-order chi connectivity index (χ1) is 19.9. The number of hydrogen-bond donors (Lipinski definition) is 0. The predicted octanol–water partition coefficient (Wildman–Crippen LogP) is 6.99. The zero-order chi connectivity index (χ0) is 28.9. The van der Waals surface area contributed by atoms with Crippen LogP contribution in [0.4, 0.5) is 20.6 Å². The summed E-state index contributed by atoms with van der Waals surface area (Å²) in [5, 5.41) is 0. The van der Waals surface area contributed by atoms with Crippen molar-refractivity contribution in [1.29, 1.82) is 0 Å². The SMILES string of the molecule is CCOc1cc(C=C2C(=O)N(c3ccccc3)C(=O)N(c3ccccc3)C2=O)cc(I)c1OCc1ccc(F)cc1. The van der Waals surface area contributed by atoms with Crippen LogP contribution in [0, 0.1) is 9.39 Å². The zero-order valence-electron chi connectivity index (χ0n) is 21.9. The molecule has 1 aliphatic heterocycles. The Morgan fingerprint density at radius 3 is 1.88 bits per heavy atom. The van der Waals surface area contributed by atoms with E-state index in [0.29, 0.717) is 38.6 Å². The Labute approximate surface area is 249 Å². The van der Waals surface area contributed by atoms with Gasteiger partial charge in [0.15, 0.2) is 11.5 Å². The van der Waals surface area contributed by atoms with E-state index in [0.717, 1.165) is 15.4 Å². The first-order valence-electron chi connectivity index (χ1n) is 12.8. The van der Waals surface area contributed by atoms with Gasteiger partial charge in [0, 0.05) is 0 Å². The van der Waals surface area contributed by atoms with Crippen LogP contribution in [0.25, 0.3) is 6.08 Å². The predicted molar refractivity (Wildman–Crippen MR) is 162 cm³/mol. The average molecular weight is 662 g/mol. The summed E-state index contributed by atoms with van der Waals surface area (Å²) in [5.74, 6) is -0.904. The van der Waals surface area contributed by atoms with Crippen molar-refractivity contribution in [2.45, 2.75) is 13.5 Å². The van der Waals surface area contributed by atoms with Crippen LogP contribution in [0.5, 0.6) is 11.5 Å². The lowest BCUT2D eigenvalue weighted by Gasteiger charge is -2.34. The summed E-state index contributed by atoms with van der Waals surface area (Å²) in [5.41, 5.74) is 1.79. The Bertz CT molecular complexity index is 1560. The second-order valence-electron chi connectivity index (χ2n) is 8.97. The molecule has 0 unspecified atom stereocenters. The summed E-state index contributed by atoms with van der Waals surface area (Å²) < 4.78 is 25.8. The summed E-state index contributed by atoms with van der Waals surface area (Å²) in [6.07, 6.45) is 1.46. The fourth-order valence-electron chi connectivity index (χ4n) is 4.32. The molecule has 0 N–H and O–H groups in total. The number of nitrogens with zero attached hydrogens (tertiary/aromatic N) is 2. The monoisotopic (exact) mass is 662 g/mol. The Hall–Kier alpha value is -4.51. The van der Waals surface area contributed by atoms with Gasteiger partial charge in [-0.05, 0) is 95.2 Å². The highest BCUT2D eigenvalue weighted by Crippen LogP contribution is 2.36. The Balaban J connectivity index is 1.55. The number of para-hydroxylation sites is 2. The van der Waals surface area contributed by atoms with E-state index in [1.54, 1.807) is 84.9 Å². The fourth-order valence-corrected chi connectivity index (χ4v) is 5.10. The number of anilines is 2. The van der Waals surface area contributed by atoms with Gasteiger partial charge < -0.3 is 9.47 Å². The highest BCUT2D eigenvalue weighted by atomic mass is 127. The third-order valence-electron chi connectivity index (χ3n) is 6.22. The molecule has 1 saturated heterocycles. The van der Waals surface area contributed by atoms with Crippen molar-refractivity contribution in [3.63, 3.8) is 0 Å². The van der Waals surface area contributed by atoms with Gasteiger partial charge in [-0.3, -0.25) is 9.59 Å². The van der Waals surface area contributed by atoms with Crippen LogP contribution in [0.1, 0.15) is 18.1 Å². The first-order valence-corrected chi connectivity index (χ1v) is 13.8. The molecule has 7 nitrogen and oxygen atoms in total. The van der Waals surface area contributed by atoms with E-state index in [1.807, 2.05) is 6.92 Å². The number of hydrogen-bond acceptors (Lipinski definition) is 5. The lowest BCUT2D eigenvalue weighted by atomic mass is 10.0. The standard InChI is InChI=1S/C32H24FIN2O5/c1-2-40-28-19-22(18-27(34)29(28)41-20-21-13-15-23(33)16-14-21)17-26-30(37)35(24-9-5-3-6-10-24)32(39)36(31(26)38)25-11-7-4-8-12-25/h3-19H,2,20H2,1H3. The Morgan fingerprint density at radius 2 is 1.34 bits per heavy atom. The van der Waals surface area contributed by atoms with Crippen LogP contribution >= 0.6 is 22.6 Å². The van der Waals surface area contributed by atoms with Gasteiger partial charge in [0.25, 0.3) is 11.8 Å². The number of imide groups is 2. The Morgan fingerprint density at radius 1 is 0.780 bits per heavy atom. The molecule has 0 bridgehead atoms. The maximum absolute atomic E-state index is 13.7. The van der Waals surface area contributed by atoms with Crippen LogP contribution in [-0.4, -0.2) is 24.5 Å². The summed E-state index contributed by atoms with van der Waals surface area (Å²) in [7, 11) is 0. The molecule has 1 fully saturated rings. The van der Waals surface area contributed by atoms with Crippen LogP contribution in [0.15, 0.2) is 103 Å². The highest BCUT2D eigenvalue weighted by molar-refractivity contribution is 14.1. The van der Waals surface area contributed by atoms with Crippen molar-refractivity contribution < 1.29 is 28.2 Å². The second kappa shape index (κ2) is 12.3. The summed E-state index contributed by atoms with van der Waals surface area (Å²) >= 11 is 2.10. The molecular formula is C32H24FIN2O5. The molecule has 0 radical (unpaired) electrons. The third-order valence-corrected chi connectivity index (χ3v) is 7.02. The van der Waals surface area contributed by atoms with E-state index in [4.69, 9.17) is 9.47 Å². The quantitative estimate of drug-likeness (QED) is 0.116. The normalized spacial score (nSPS) is 13.4. The molecule has 0 saturated carbocycles. The summed E-state index contributed by atoms with van der Waals surface area (Å²) in [6.45, 7) is 2.36. The molecule has 206 valence electrons. The number of ether oxygens (including phenoxy) is 2. The lowest BCUT2D eigenvalue weighted by Crippen LogP contribution is -2.57. The van der Waals surface area contributed by atoms with Gasteiger partial charge in [0.1, 0.15) is 18.0 Å². The van der Waals surface area contributed by atoms with Crippen LogP contribution in [-0.2, 0) is 16.2 Å². The van der Waals surface area contributed by atoms with Crippen LogP contribution in [0.3, 0.4) is 0 Å². The van der Waals surface area contributed by atoms with Gasteiger partial charge in [0.05, 0.1) is 21.6 Å². The van der Waals surface area contributed by atoms with E-state index >= 15 is 0 Å². The van der Waals surface area contributed by atoms with Crippen molar-refractivity contribution >= 4 is 57.9 Å². The topological polar surface area (TPSA) is 76.2 Å². The van der Waals surface area contributed by atoms with Gasteiger partial charge >= 0.3 is 6.03 Å². The zero-order valence-corrected chi connectivity index (χ0v) is 24.1. The number of benzene rings is 4. The van der Waals surface area contributed by atoms with Crippen molar-refractivity contribution in [3.05, 3.63) is 123 Å². The number of halogens is 2. The average Bonchev–Trinajstić information content (AvgIpc) is 2.97. The maximum atomic E-state index is 13.7. The molecule has 4 aromatic rings.